The highest BCUT2D eigenvalue weighted by molar-refractivity contribution is 7.12. The van der Waals surface area contributed by atoms with Crippen LogP contribution >= 0.6 is 36.2 Å². The van der Waals surface area contributed by atoms with Crippen molar-refractivity contribution in [3.63, 3.8) is 0 Å². The first-order chi connectivity index (χ1) is 11.9. The van der Waals surface area contributed by atoms with Crippen LogP contribution in [0.25, 0.3) is 0 Å². The zero-order valence-electron chi connectivity index (χ0n) is 15.5. The summed E-state index contributed by atoms with van der Waals surface area (Å²) in [5.41, 5.74) is 7.07. The van der Waals surface area contributed by atoms with E-state index < -0.39 is 0 Å². The van der Waals surface area contributed by atoms with Crippen molar-refractivity contribution in [2.75, 3.05) is 18.9 Å². The molecule has 3 N–H and O–H groups in total. The van der Waals surface area contributed by atoms with Gasteiger partial charge < -0.3 is 16.0 Å². The van der Waals surface area contributed by atoms with E-state index in [-0.39, 0.29) is 42.7 Å². The summed E-state index contributed by atoms with van der Waals surface area (Å²) in [6, 6.07) is 5.06. The maximum atomic E-state index is 12.7. The molecular weight excluding hydrogens is 407 g/mol. The molecular formula is C18H26Cl2N4O2S. The number of amides is 2. The second-order valence-corrected chi connectivity index (χ2v) is 7.19. The van der Waals surface area contributed by atoms with Crippen molar-refractivity contribution in [1.29, 1.82) is 0 Å². The molecule has 0 aliphatic rings. The number of carbonyl (C=O) groups excluding carboxylic acids is 2. The summed E-state index contributed by atoms with van der Waals surface area (Å²) in [5.74, 6) is -0.00392. The van der Waals surface area contributed by atoms with Crippen LogP contribution in [0, 0.1) is 5.92 Å². The summed E-state index contributed by atoms with van der Waals surface area (Å²) in [6.07, 6.45) is 3.85. The van der Waals surface area contributed by atoms with Gasteiger partial charge in [-0.15, -0.1) is 36.2 Å². The number of nitrogens with one attached hydrogen (secondary N) is 1. The predicted molar refractivity (Wildman–Crippen MR) is 115 cm³/mol. The van der Waals surface area contributed by atoms with Gasteiger partial charge in [0.15, 0.2) is 0 Å². The molecule has 27 heavy (non-hydrogen) atoms. The minimum absolute atomic E-state index is 0. The lowest BCUT2D eigenvalue weighted by Gasteiger charge is -2.21. The zero-order chi connectivity index (χ0) is 18.4. The Kier molecular flexibility index (Phi) is 11.2. The molecule has 2 aromatic rings. The van der Waals surface area contributed by atoms with Crippen molar-refractivity contribution in [3.8, 4) is 0 Å². The number of nitrogens with zero attached hydrogens (tertiary/aromatic N) is 2. The molecule has 9 heteroatoms. The fourth-order valence-corrected chi connectivity index (χ4v) is 3.06. The number of hydrogen-bond acceptors (Lipinski definition) is 5. The van der Waals surface area contributed by atoms with Crippen LogP contribution in [-0.4, -0.2) is 41.3 Å². The molecule has 0 aliphatic carbocycles. The highest BCUT2D eigenvalue weighted by Crippen LogP contribution is 2.24. The van der Waals surface area contributed by atoms with Crippen LogP contribution in [0.5, 0.6) is 0 Å². The molecule has 0 saturated heterocycles. The van der Waals surface area contributed by atoms with Gasteiger partial charge in [-0.2, -0.15) is 0 Å². The third-order valence-corrected chi connectivity index (χ3v) is 4.95. The van der Waals surface area contributed by atoms with Crippen molar-refractivity contribution >= 4 is 53.7 Å². The van der Waals surface area contributed by atoms with Crippen molar-refractivity contribution in [1.82, 2.24) is 9.88 Å². The lowest BCUT2D eigenvalue weighted by molar-refractivity contribution is 0.0795. The fraction of sp³-hybridized carbons (Fsp3) is 0.389. The molecule has 0 aromatic carbocycles. The number of carbonyl (C=O) groups is 2. The topological polar surface area (TPSA) is 88.3 Å². The molecule has 1 unspecified atom stereocenters. The first-order valence-electron chi connectivity index (χ1n) is 8.20. The Labute approximate surface area is 176 Å². The Morgan fingerprint density at radius 3 is 2.44 bits per heavy atom. The Balaban J connectivity index is 0.00000338. The van der Waals surface area contributed by atoms with Gasteiger partial charge in [-0.1, -0.05) is 13.8 Å². The predicted octanol–water partition coefficient (Wildman–Crippen LogP) is 3.68. The van der Waals surface area contributed by atoms with Crippen LogP contribution in [0.3, 0.4) is 0 Å². The third kappa shape index (κ3) is 7.10. The van der Waals surface area contributed by atoms with Gasteiger partial charge in [0.25, 0.3) is 11.8 Å². The number of hydrogen-bond donors (Lipinski definition) is 2. The number of aromatic nitrogens is 1. The largest absolute Gasteiger partial charge is 0.341 e. The SMILES string of the molecule is CC(C)C(N)CCN(C)C(=O)c1sccc1NC(=O)c1ccncc1.Cl.Cl. The van der Waals surface area contributed by atoms with E-state index in [1.165, 1.54) is 11.3 Å². The average Bonchev–Trinajstić information content (AvgIpc) is 3.07. The molecule has 0 fully saturated rings. The van der Waals surface area contributed by atoms with E-state index in [2.05, 4.69) is 24.1 Å². The number of pyridine rings is 1. The second-order valence-electron chi connectivity index (χ2n) is 6.28. The monoisotopic (exact) mass is 432 g/mol. The van der Waals surface area contributed by atoms with Crippen molar-refractivity contribution < 1.29 is 9.59 Å². The number of halogens is 2. The molecule has 1 atom stereocenters. The standard InChI is InChI=1S/C18H24N4O2S.2ClH/c1-12(2)14(19)6-10-22(3)18(24)16-15(7-11-25-16)21-17(23)13-4-8-20-9-5-13;;/h4-5,7-9,11-12,14H,6,10,19H2,1-3H3,(H,21,23);2*1H. The Morgan fingerprint density at radius 2 is 1.85 bits per heavy atom. The maximum Gasteiger partial charge on any atom is 0.265 e. The van der Waals surface area contributed by atoms with Gasteiger partial charge in [-0.05, 0) is 35.9 Å². The summed E-state index contributed by atoms with van der Waals surface area (Å²) >= 11 is 1.31. The van der Waals surface area contributed by atoms with Crippen molar-refractivity contribution in [2.45, 2.75) is 26.3 Å². The Hall–Kier alpha value is -1.67. The molecule has 0 saturated carbocycles. The quantitative estimate of drug-likeness (QED) is 0.697. The first kappa shape index (κ1) is 25.3. The summed E-state index contributed by atoms with van der Waals surface area (Å²) < 4.78 is 0. The van der Waals surface area contributed by atoms with Gasteiger partial charge in [0.05, 0.1) is 5.69 Å². The normalized spacial score (nSPS) is 11.1. The van der Waals surface area contributed by atoms with E-state index in [0.717, 1.165) is 6.42 Å². The van der Waals surface area contributed by atoms with Gasteiger partial charge in [0, 0.05) is 37.6 Å². The van der Waals surface area contributed by atoms with Crippen LogP contribution in [0.2, 0.25) is 0 Å². The van der Waals surface area contributed by atoms with Crippen LogP contribution < -0.4 is 11.1 Å². The molecule has 0 radical (unpaired) electrons. The van der Waals surface area contributed by atoms with E-state index in [1.807, 2.05) is 0 Å². The number of nitrogens with two attached hydrogens (primary N) is 1. The molecule has 2 rings (SSSR count). The molecule has 6 nitrogen and oxygen atoms in total. The maximum absolute atomic E-state index is 12.7. The van der Waals surface area contributed by atoms with Gasteiger partial charge in [0.1, 0.15) is 4.88 Å². The lowest BCUT2D eigenvalue weighted by atomic mass is 10.0. The minimum atomic E-state index is -0.265. The lowest BCUT2D eigenvalue weighted by Crippen LogP contribution is -2.34. The van der Waals surface area contributed by atoms with Gasteiger partial charge in [-0.25, -0.2) is 0 Å². The van der Waals surface area contributed by atoms with Gasteiger partial charge >= 0.3 is 0 Å². The highest BCUT2D eigenvalue weighted by atomic mass is 35.5. The Morgan fingerprint density at radius 1 is 1.22 bits per heavy atom. The van der Waals surface area contributed by atoms with Crippen LogP contribution in [-0.2, 0) is 0 Å². The van der Waals surface area contributed by atoms with Crippen molar-refractivity contribution in [3.05, 3.63) is 46.4 Å². The average molecular weight is 433 g/mol. The summed E-state index contributed by atoms with van der Waals surface area (Å²) in [4.78, 5) is 31.0. The van der Waals surface area contributed by atoms with Gasteiger partial charge in [0.2, 0.25) is 0 Å². The summed E-state index contributed by atoms with van der Waals surface area (Å²) in [5, 5.41) is 4.59. The van der Waals surface area contributed by atoms with Crippen LogP contribution in [0.4, 0.5) is 5.69 Å². The molecule has 0 bridgehead atoms. The zero-order valence-corrected chi connectivity index (χ0v) is 18.0. The summed E-state index contributed by atoms with van der Waals surface area (Å²) in [7, 11) is 1.75. The molecule has 2 heterocycles. The summed E-state index contributed by atoms with van der Waals surface area (Å²) in [6.45, 7) is 4.71. The van der Waals surface area contributed by atoms with E-state index in [4.69, 9.17) is 5.73 Å². The number of rotatable bonds is 7. The molecule has 150 valence electrons. The minimum Gasteiger partial charge on any atom is -0.341 e. The molecule has 2 amide bonds. The van der Waals surface area contributed by atoms with E-state index in [1.54, 1.807) is 47.9 Å². The fourth-order valence-electron chi connectivity index (χ4n) is 2.22. The van der Waals surface area contributed by atoms with E-state index in [9.17, 15) is 9.59 Å². The van der Waals surface area contributed by atoms with E-state index >= 15 is 0 Å². The first-order valence-corrected chi connectivity index (χ1v) is 9.08. The molecule has 0 aliphatic heterocycles. The highest BCUT2D eigenvalue weighted by Gasteiger charge is 2.20. The van der Waals surface area contributed by atoms with Crippen LogP contribution in [0.1, 0.15) is 40.3 Å². The smallest absolute Gasteiger partial charge is 0.265 e. The number of anilines is 1. The second kappa shape index (κ2) is 11.9. The van der Waals surface area contributed by atoms with Crippen molar-refractivity contribution in [2.24, 2.45) is 11.7 Å². The van der Waals surface area contributed by atoms with E-state index in [0.29, 0.717) is 28.6 Å². The number of thiophene rings is 1. The Bertz CT molecular complexity index is 725. The van der Waals surface area contributed by atoms with Crippen LogP contribution in [0.15, 0.2) is 36.0 Å². The molecule has 0 spiro atoms. The molecule has 2 aromatic heterocycles. The van der Waals surface area contributed by atoms with Gasteiger partial charge in [-0.3, -0.25) is 14.6 Å². The third-order valence-electron chi connectivity index (χ3n) is 4.05.